The fourth-order valence-corrected chi connectivity index (χ4v) is 12.2. The Morgan fingerprint density at radius 1 is 0.771 bits per heavy atom. The largest absolute Gasteiger partial charge is 0.494 e. The molecule has 7 heterocycles. The van der Waals surface area contributed by atoms with Crippen molar-refractivity contribution in [3.8, 4) is 16.9 Å². The first kappa shape index (κ1) is 46.4. The van der Waals surface area contributed by atoms with Crippen LogP contribution in [0.25, 0.3) is 11.1 Å². The zero-order valence-electron chi connectivity index (χ0n) is 40.0. The van der Waals surface area contributed by atoms with Gasteiger partial charge in [-0.15, -0.1) is 0 Å². The van der Waals surface area contributed by atoms with Crippen molar-refractivity contribution >= 4 is 87.3 Å². The number of anilines is 6. The summed E-state index contributed by atoms with van der Waals surface area (Å²) in [5, 5.41) is 15.2. The lowest BCUT2D eigenvalue weighted by Crippen LogP contribution is -2.62. The van der Waals surface area contributed by atoms with Gasteiger partial charge in [0.25, 0.3) is 11.8 Å². The number of aromatic nitrogens is 4. The number of carbonyl (C=O) groups is 4. The van der Waals surface area contributed by atoms with Crippen molar-refractivity contribution in [1.29, 1.82) is 0 Å². The normalized spacial score (nSPS) is 20.5. The molecule has 4 amide bonds. The van der Waals surface area contributed by atoms with Gasteiger partial charge in [0.15, 0.2) is 0 Å². The molecule has 11 rings (SSSR count). The smallest absolute Gasteiger partial charge is 0.262 e. The molecule has 1 aliphatic carbocycles. The van der Waals surface area contributed by atoms with Gasteiger partial charge in [-0.05, 0) is 115 Å². The van der Waals surface area contributed by atoms with Crippen molar-refractivity contribution in [2.45, 2.75) is 62.6 Å². The lowest BCUT2D eigenvalue weighted by Gasteiger charge is -2.50. The van der Waals surface area contributed by atoms with E-state index in [1.165, 1.54) is 23.7 Å². The van der Waals surface area contributed by atoms with E-state index < -0.39 is 23.8 Å². The van der Waals surface area contributed by atoms with Crippen LogP contribution in [0, 0.1) is 0 Å². The van der Waals surface area contributed by atoms with Crippen LogP contribution in [0.2, 0.25) is 0 Å². The third-order valence-corrected chi connectivity index (χ3v) is 16.9. The van der Waals surface area contributed by atoms with Crippen molar-refractivity contribution in [3.63, 3.8) is 0 Å². The summed E-state index contributed by atoms with van der Waals surface area (Å²) in [6.07, 6.45) is 10.7. The Hall–Kier alpha value is -5.94. The Bertz CT molecular complexity index is 2890. The first-order chi connectivity index (χ1) is 33.9. The van der Waals surface area contributed by atoms with E-state index in [0.29, 0.717) is 46.6 Å². The van der Waals surface area contributed by atoms with E-state index in [-0.39, 0.29) is 26.7 Å². The molecule has 19 heteroatoms. The number of benzene rings is 3. The van der Waals surface area contributed by atoms with Gasteiger partial charge in [-0.1, -0.05) is 14.0 Å². The number of nitrogens with one attached hydrogen (secondary N) is 3. The molecule has 2 aromatic heterocycles. The van der Waals surface area contributed by atoms with Gasteiger partial charge in [0, 0.05) is 125 Å². The zero-order chi connectivity index (χ0) is 48.4. The predicted octanol–water partition coefficient (Wildman–Crippen LogP) is 6.26. The van der Waals surface area contributed by atoms with Gasteiger partial charge in [-0.2, -0.15) is 10.1 Å². The van der Waals surface area contributed by atoms with Crippen LogP contribution in [-0.2, 0) is 16.6 Å². The summed E-state index contributed by atoms with van der Waals surface area (Å²) in [4.78, 5) is 71.5. The quantitative estimate of drug-likeness (QED) is 0.0892. The van der Waals surface area contributed by atoms with E-state index in [2.05, 4.69) is 111 Å². The Labute approximate surface area is 417 Å². The van der Waals surface area contributed by atoms with Crippen LogP contribution in [-0.4, -0.2) is 149 Å². The number of hydrogen-bond donors (Lipinski definition) is 3. The van der Waals surface area contributed by atoms with Crippen LogP contribution in [0.15, 0.2) is 71.6 Å². The summed E-state index contributed by atoms with van der Waals surface area (Å²) in [6.45, 7) is 12.0. The third-order valence-electron chi connectivity index (χ3n) is 15.0. The number of carbonyl (C=O) groups excluding carboxylic acids is 4. The topological polar surface area (TPSA) is 173 Å². The summed E-state index contributed by atoms with van der Waals surface area (Å²) >= 11 is 3.70. The Morgan fingerprint density at radius 2 is 1.53 bits per heavy atom. The summed E-state index contributed by atoms with van der Waals surface area (Å²) in [7, 11) is 3.30. The molecule has 364 valence electrons. The van der Waals surface area contributed by atoms with Crippen LogP contribution in [0.3, 0.4) is 0 Å². The second kappa shape index (κ2) is 19.0. The molecule has 0 spiro atoms. The number of methoxy groups -OCH3 is 1. The van der Waals surface area contributed by atoms with Gasteiger partial charge >= 0.3 is 0 Å². The van der Waals surface area contributed by atoms with Crippen LogP contribution in [0.5, 0.6) is 5.75 Å². The first-order valence-electron chi connectivity index (χ1n) is 24.3. The maximum absolute atomic E-state index is 13.4. The second-order valence-electron chi connectivity index (χ2n) is 19.6. The summed E-state index contributed by atoms with van der Waals surface area (Å²) in [6, 6.07) is 16.4. The molecule has 17 nitrogen and oxygen atoms in total. The molecule has 0 radical (unpaired) electrons. The number of piperidine rings is 2. The van der Waals surface area contributed by atoms with Gasteiger partial charge in [0.05, 0.1) is 34.6 Å². The molecule has 3 N–H and O–H groups in total. The number of piperazine rings is 1. The van der Waals surface area contributed by atoms with Gasteiger partial charge in [-0.3, -0.25) is 43.9 Å². The molecule has 1 atom stereocenters. The van der Waals surface area contributed by atoms with E-state index in [1.54, 1.807) is 25.4 Å². The number of hydrogen-bond acceptors (Lipinski definition) is 14. The Morgan fingerprint density at radius 3 is 2.23 bits per heavy atom. The highest BCUT2D eigenvalue weighted by Crippen LogP contribution is 2.44. The standard InChI is InChI=1S/C51H58BrN12O5P/c1-59-27-32(25-54-59)37-23-41(56-51-53-26-39(52)47(58-51)55-40-10-7-31(30-5-6-30)21-45(40)70(3)4)44(69-2)24-43(37)62-19-17-61(18-20-62)33-13-15-60(16-14-33)35-28-63(29-35)34-8-9-36-38(22-34)50(68)64(49(36)67)42-11-12-46(65)57-48(42)66/h7-10,21-27,30,33,35,42H,5-6,11-20,28-29H2,1-4H3,(H,57,65,66)(H2,53,55,56,58). The maximum Gasteiger partial charge on any atom is 0.262 e. The first-order valence-corrected chi connectivity index (χ1v) is 27.3. The number of ether oxygens (including phenoxy) is 1. The molecule has 1 unspecified atom stereocenters. The monoisotopic (exact) mass is 1030 g/mol. The minimum absolute atomic E-state index is 0.0955. The average Bonchev–Trinajstić information content (AvgIpc) is 4.06. The lowest BCUT2D eigenvalue weighted by molar-refractivity contribution is -0.136. The number of rotatable bonds is 13. The van der Waals surface area contributed by atoms with E-state index in [9.17, 15) is 19.2 Å². The number of fused-ring (bicyclic) bond motifs is 1. The minimum atomic E-state index is -0.971. The number of aryl methyl sites for hydroxylation is 1. The van der Waals surface area contributed by atoms with Gasteiger partial charge < -0.3 is 25.2 Å². The van der Waals surface area contributed by atoms with E-state index >= 15 is 0 Å². The van der Waals surface area contributed by atoms with E-state index in [4.69, 9.17) is 9.72 Å². The molecule has 5 aromatic rings. The number of likely N-dealkylation sites (tertiary alicyclic amines) is 1. The second-order valence-corrected chi connectivity index (χ2v) is 22.7. The minimum Gasteiger partial charge on any atom is -0.494 e. The van der Waals surface area contributed by atoms with E-state index in [1.807, 2.05) is 24.0 Å². The summed E-state index contributed by atoms with van der Waals surface area (Å²) in [5.74, 6) is 0.586. The fraction of sp³-hybridized carbons (Fsp3) is 0.431. The van der Waals surface area contributed by atoms with Crippen LogP contribution in [0.1, 0.15) is 70.7 Å². The highest BCUT2D eigenvalue weighted by atomic mass is 79.9. The number of halogens is 1. The number of amides is 4. The number of nitrogens with zero attached hydrogens (tertiary/aromatic N) is 9. The van der Waals surface area contributed by atoms with Crippen LogP contribution in [0.4, 0.5) is 34.5 Å². The summed E-state index contributed by atoms with van der Waals surface area (Å²) in [5.41, 5.74) is 7.95. The van der Waals surface area contributed by atoms with Crippen LogP contribution < -0.4 is 35.8 Å². The molecule has 0 bridgehead atoms. The average molecular weight is 1030 g/mol. The SMILES string of the molecule is COc1cc(N2CCN(C3CCN(C4CN(c5ccc6c(c5)C(=O)N(C5CCC(=O)NC5=O)C6=O)C4)CC3)CC2)c(-c2cnn(C)c2)cc1Nc1ncc(Br)c(Nc2ccc(C3CC3)cc2P(C)C)n1. The van der Waals surface area contributed by atoms with Crippen molar-refractivity contribution < 1.29 is 23.9 Å². The Kier molecular flexibility index (Phi) is 12.6. The molecular formula is C51H58BrN12O5P. The van der Waals surface area contributed by atoms with Crippen molar-refractivity contribution in [2.75, 3.05) is 93.2 Å². The third kappa shape index (κ3) is 9.03. The Balaban J connectivity index is 0.714. The van der Waals surface area contributed by atoms with E-state index in [0.717, 1.165) is 108 Å². The molecule has 1 saturated carbocycles. The predicted molar refractivity (Wildman–Crippen MR) is 276 cm³/mol. The molecule has 4 saturated heterocycles. The van der Waals surface area contributed by atoms with Gasteiger partial charge in [0.2, 0.25) is 17.8 Å². The van der Waals surface area contributed by atoms with Gasteiger partial charge in [0.1, 0.15) is 17.6 Å². The van der Waals surface area contributed by atoms with Crippen LogP contribution >= 0.6 is 23.9 Å². The fourth-order valence-electron chi connectivity index (χ4n) is 10.8. The zero-order valence-corrected chi connectivity index (χ0v) is 42.4. The molecule has 5 aliphatic heterocycles. The molecule has 3 aromatic carbocycles. The molecule has 6 aliphatic rings. The van der Waals surface area contributed by atoms with Crippen molar-refractivity contribution in [1.82, 2.24) is 39.8 Å². The number of imide groups is 2. The summed E-state index contributed by atoms with van der Waals surface area (Å²) < 4.78 is 8.67. The molecule has 5 fully saturated rings. The van der Waals surface area contributed by atoms with Crippen molar-refractivity contribution in [2.24, 2.45) is 7.05 Å². The highest BCUT2D eigenvalue weighted by Gasteiger charge is 2.45. The van der Waals surface area contributed by atoms with Gasteiger partial charge in [-0.25, -0.2) is 4.98 Å². The molecule has 70 heavy (non-hydrogen) atoms. The maximum atomic E-state index is 13.4. The highest BCUT2D eigenvalue weighted by molar-refractivity contribution is 9.10. The lowest BCUT2D eigenvalue weighted by atomic mass is 9.97. The van der Waals surface area contributed by atoms with Crippen molar-refractivity contribution in [3.05, 3.63) is 88.3 Å². The molecular weight excluding hydrogens is 972 g/mol.